The zero-order chi connectivity index (χ0) is 14.0. The molecule has 1 aromatic rings. The molecule has 0 spiro atoms. The summed E-state index contributed by atoms with van der Waals surface area (Å²) in [5.74, 6) is -0.183. The predicted molar refractivity (Wildman–Crippen MR) is 75.4 cm³/mol. The molecule has 1 aliphatic heterocycles. The van der Waals surface area contributed by atoms with E-state index < -0.39 is 0 Å². The Balaban J connectivity index is 2.22. The Morgan fingerprint density at radius 2 is 2.05 bits per heavy atom. The number of hydrogen-bond acceptors (Lipinski definition) is 2. The zero-order valence-corrected chi connectivity index (χ0v) is 12.1. The van der Waals surface area contributed by atoms with Gasteiger partial charge in [0, 0.05) is 28.7 Å². The first kappa shape index (κ1) is 14.2. The number of amides is 1. The van der Waals surface area contributed by atoms with Gasteiger partial charge >= 0.3 is 0 Å². The molecule has 2 rings (SSSR count). The molecule has 0 saturated carbocycles. The van der Waals surface area contributed by atoms with E-state index in [2.05, 4.69) is 6.07 Å². The molecule has 1 atom stereocenters. The maximum absolute atomic E-state index is 12.4. The highest BCUT2D eigenvalue weighted by Crippen LogP contribution is 2.27. The van der Waals surface area contributed by atoms with Crippen LogP contribution in [0, 0.1) is 24.2 Å². The van der Waals surface area contributed by atoms with Crippen LogP contribution in [0.15, 0.2) is 12.1 Å². The van der Waals surface area contributed by atoms with E-state index in [1.165, 1.54) is 0 Å². The van der Waals surface area contributed by atoms with Gasteiger partial charge in [0.2, 0.25) is 0 Å². The van der Waals surface area contributed by atoms with Gasteiger partial charge in [0.05, 0.1) is 12.0 Å². The lowest BCUT2D eigenvalue weighted by atomic mass is 9.99. The van der Waals surface area contributed by atoms with Crippen LogP contribution in [-0.2, 0) is 0 Å². The van der Waals surface area contributed by atoms with Gasteiger partial charge in [-0.15, -0.1) is 0 Å². The third-order valence-electron chi connectivity index (χ3n) is 3.42. The first-order valence-corrected chi connectivity index (χ1v) is 6.93. The Labute approximate surface area is 122 Å². The van der Waals surface area contributed by atoms with Crippen molar-refractivity contribution in [1.29, 1.82) is 5.26 Å². The highest BCUT2D eigenvalue weighted by Gasteiger charge is 2.24. The lowest BCUT2D eigenvalue weighted by molar-refractivity contribution is 0.0699. The van der Waals surface area contributed by atoms with Crippen molar-refractivity contribution in [2.24, 2.45) is 5.92 Å². The topological polar surface area (TPSA) is 44.1 Å². The number of piperidine rings is 1. The SMILES string of the molecule is Cc1c(Cl)cc(C(=O)N2CCC[C@H](C#N)C2)cc1Cl. The fourth-order valence-electron chi connectivity index (χ4n) is 2.22. The third-order valence-corrected chi connectivity index (χ3v) is 4.20. The largest absolute Gasteiger partial charge is 0.337 e. The predicted octanol–water partition coefficient (Wildman–Crippen LogP) is 3.68. The molecular formula is C14H14Cl2N2O. The minimum atomic E-state index is -0.108. The summed E-state index contributed by atoms with van der Waals surface area (Å²) in [5, 5.41) is 9.94. The van der Waals surface area contributed by atoms with E-state index in [4.69, 9.17) is 28.5 Å². The van der Waals surface area contributed by atoms with Crippen LogP contribution in [0.4, 0.5) is 0 Å². The van der Waals surface area contributed by atoms with E-state index in [9.17, 15) is 4.79 Å². The van der Waals surface area contributed by atoms with Crippen LogP contribution in [0.5, 0.6) is 0 Å². The summed E-state index contributed by atoms with van der Waals surface area (Å²) in [6, 6.07) is 5.51. The summed E-state index contributed by atoms with van der Waals surface area (Å²) in [4.78, 5) is 14.1. The summed E-state index contributed by atoms with van der Waals surface area (Å²) < 4.78 is 0. The number of rotatable bonds is 1. The molecular weight excluding hydrogens is 283 g/mol. The van der Waals surface area contributed by atoms with Gasteiger partial charge in [-0.2, -0.15) is 5.26 Å². The van der Waals surface area contributed by atoms with Crippen LogP contribution in [0.1, 0.15) is 28.8 Å². The summed E-state index contributed by atoms with van der Waals surface area (Å²) >= 11 is 12.1. The molecule has 1 saturated heterocycles. The maximum atomic E-state index is 12.4. The smallest absolute Gasteiger partial charge is 0.253 e. The average Bonchev–Trinajstić information content (AvgIpc) is 2.43. The second kappa shape index (κ2) is 5.81. The van der Waals surface area contributed by atoms with E-state index in [0.717, 1.165) is 18.4 Å². The molecule has 5 heteroatoms. The molecule has 1 heterocycles. The van der Waals surface area contributed by atoms with Gasteiger partial charge < -0.3 is 4.90 Å². The minimum absolute atomic E-state index is 0.0749. The monoisotopic (exact) mass is 296 g/mol. The molecule has 1 fully saturated rings. The van der Waals surface area contributed by atoms with Crippen molar-refractivity contribution in [3.8, 4) is 6.07 Å². The third kappa shape index (κ3) is 3.02. The summed E-state index contributed by atoms with van der Waals surface area (Å²) in [6.45, 7) is 2.98. The molecule has 100 valence electrons. The molecule has 3 nitrogen and oxygen atoms in total. The van der Waals surface area contributed by atoms with Crippen LogP contribution < -0.4 is 0 Å². The number of nitrogens with zero attached hydrogens (tertiary/aromatic N) is 2. The van der Waals surface area contributed by atoms with Crippen molar-refractivity contribution >= 4 is 29.1 Å². The van der Waals surface area contributed by atoms with E-state index >= 15 is 0 Å². The number of benzene rings is 1. The van der Waals surface area contributed by atoms with Gasteiger partial charge in [-0.25, -0.2) is 0 Å². The van der Waals surface area contributed by atoms with Crippen molar-refractivity contribution < 1.29 is 4.79 Å². The standard InChI is InChI=1S/C14H14Cl2N2O/c1-9-12(15)5-11(6-13(9)16)14(19)18-4-2-3-10(7-17)8-18/h5-6,10H,2-4,8H2,1H3/t10-/m1/s1. The number of nitriles is 1. The van der Waals surface area contributed by atoms with Crippen molar-refractivity contribution in [2.45, 2.75) is 19.8 Å². The van der Waals surface area contributed by atoms with E-state index in [-0.39, 0.29) is 11.8 Å². The number of halogens is 2. The Kier molecular flexibility index (Phi) is 4.34. The van der Waals surface area contributed by atoms with E-state index in [1.807, 2.05) is 6.92 Å². The lowest BCUT2D eigenvalue weighted by Crippen LogP contribution is -2.39. The second-order valence-electron chi connectivity index (χ2n) is 4.78. The zero-order valence-electron chi connectivity index (χ0n) is 10.6. The van der Waals surface area contributed by atoms with Crippen LogP contribution in [0.3, 0.4) is 0 Å². The molecule has 0 aromatic heterocycles. The molecule has 1 aromatic carbocycles. The second-order valence-corrected chi connectivity index (χ2v) is 5.60. The molecule has 0 N–H and O–H groups in total. The fourth-order valence-corrected chi connectivity index (χ4v) is 2.71. The van der Waals surface area contributed by atoms with Crippen LogP contribution in [0.2, 0.25) is 10.0 Å². The Morgan fingerprint density at radius 3 is 2.63 bits per heavy atom. The first-order chi connectivity index (χ1) is 9.02. The molecule has 1 amide bonds. The number of carbonyl (C=O) groups excluding carboxylic acids is 1. The van der Waals surface area contributed by atoms with Crippen LogP contribution >= 0.6 is 23.2 Å². The maximum Gasteiger partial charge on any atom is 0.253 e. The Hall–Kier alpha value is -1.24. The Morgan fingerprint density at radius 1 is 1.42 bits per heavy atom. The van der Waals surface area contributed by atoms with Crippen LogP contribution in [0.25, 0.3) is 0 Å². The van der Waals surface area contributed by atoms with Gasteiger partial charge in [-0.3, -0.25) is 4.79 Å². The fraction of sp³-hybridized carbons (Fsp3) is 0.429. The van der Waals surface area contributed by atoms with Crippen LogP contribution in [-0.4, -0.2) is 23.9 Å². The summed E-state index contributed by atoms with van der Waals surface area (Å²) in [7, 11) is 0. The molecule has 0 unspecified atom stereocenters. The van der Waals surface area contributed by atoms with Crippen molar-refractivity contribution in [3.05, 3.63) is 33.3 Å². The number of likely N-dealkylation sites (tertiary alicyclic amines) is 1. The summed E-state index contributed by atoms with van der Waals surface area (Å²) in [5.41, 5.74) is 1.26. The molecule has 1 aliphatic rings. The molecule has 0 radical (unpaired) electrons. The molecule has 19 heavy (non-hydrogen) atoms. The van der Waals surface area contributed by atoms with E-state index in [1.54, 1.807) is 17.0 Å². The lowest BCUT2D eigenvalue weighted by Gasteiger charge is -2.29. The average molecular weight is 297 g/mol. The van der Waals surface area contributed by atoms with Gasteiger partial charge in [0.25, 0.3) is 5.91 Å². The highest BCUT2D eigenvalue weighted by molar-refractivity contribution is 6.36. The van der Waals surface area contributed by atoms with Crippen molar-refractivity contribution in [1.82, 2.24) is 4.90 Å². The van der Waals surface area contributed by atoms with Gasteiger partial charge in [-0.05, 0) is 37.5 Å². The highest BCUT2D eigenvalue weighted by atomic mass is 35.5. The van der Waals surface area contributed by atoms with Gasteiger partial charge in [0.15, 0.2) is 0 Å². The van der Waals surface area contributed by atoms with Crippen molar-refractivity contribution in [2.75, 3.05) is 13.1 Å². The number of hydrogen-bond donors (Lipinski definition) is 0. The first-order valence-electron chi connectivity index (χ1n) is 6.17. The quantitative estimate of drug-likeness (QED) is 0.793. The summed E-state index contributed by atoms with van der Waals surface area (Å²) in [6.07, 6.45) is 1.72. The Bertz CT molecular complexity index is 528. The molecule has 0 bridgehead atoms. The normalized spacial score (nSPS) is 19.1. The number of carbonyl (C=O) groups is 1. The van der Waals surface area contributed by atoms with E-state index in [0.29, 0.717) is 28.7 Å². The van der Waals surface area contributed by atoms with Gasteiger partial charge in [-0.1, -0.05) is 23.2 Å². The minimum Gasteiger partial charge on any atom is -0.337 e. The van der Waals surface area contributed by atoms with Crippen molar-refractivity contribution in [3.63, 3.8) is 0 Å². The molecule has 0 aliphatic carbocycles. The van der Waals surface area contributed by atoms with Gasteiger partial charge in [0.1, 0.15) is 0 Å².